The van der Waals surface area contributed by atoms with Gasteiger partial charge in [0, 0.05) is 18.6 Å². The van der Waals surface area contributed by atoms with Crippen LogP contribution in [0.2, 0.25) is 0 Å². The van der Waals surface area contributed by atoms with E-state index in [2.05, 4.69) is 24.1 Å². The maximum Gasteiger partial charge on any atom is 0.0192 e. The van der Waals surface area contributed by atoms with E-state index in [1.165, 1.54) is 64.6 Å². The van der Waals surface area contributed by atoms with E-state index in [-0.39, 0.29) is 0 Å². The second kappa shape index (κ2) is 6.75. The van der Waals surface area contributed by atoms with Crippen LogP contribution in [0.5, 0.6) is 0 Å². The third kappa shape index (κ3) is 4.26. The van der Waals surface area contributed by atoms with Gasteiger partial charge in [0.15, 0.2) is 0 Å². The summed E-state index contributed by atoms with van der Waals surface area (Å²) >= 11 is 0. The summed E-state index contributed by atoms with van der Waals surface area (Å²) in [4.78, 5) is 2.65. The fraction of sp³-hybridized carbons (Fsp3) is 1.00. The molecule has 0 spiro atoms. The summed E-state index contributed by atoms with van der Waals surface area (Å²) in [6.45, 7) is 8.64. The summed E-state index contributed by atoms with van der Waals surface area (Å²) in [7, 11) is 0. The van der Waals surface area contributed by atoms with Crippen molar-refractivity contribution < 1.29 is 0 Å². The van der Waals surface area contributed by atoms with Gasteiger partial charge >= 0.3 is 0 Å². The second-order valence-electron chi connectivity index (χ2n) is 6.31. The first-order valence-corrected chi connectivity index (χ1v) is 7.73. The normalized spacial score (nSPS) is 33.5. The van der Waals surface area contributed by atoms with Gasteiger partial charge in [0.05, 0.1) is 0 Å². The summed E-state index contributed by atoms with van der Waals surface area (Å²) in [6.07, 6.45) is 9.91. The van der Waals surface area contributed by atoms with E-state index in [0.717, 1.165) is 18.0 Å². The maximum absolute atomic E-state index is 3.82. The average Bonchev–Trinajstić information content (AvgIpc) is 2.78. The van der Waals surface area contributed by atoms with E-state index >= 15 is 0 Å². The Kier molecular flexibility index (Phi) is 5.30. The van der Waals surface area contributed by atoms with Crippen molar-refractivity contribution in [3.63, 3.8) is 0 Å². The van der Waals surface area contributed by atoms with Gasteiger partial charge in [0.2, 0.25) is 0 Å². The molecule has 1 saturated carbocycles. The Morgan fingerprint density at radius 3 is 2.59 bits per heavy atom. The minimum atomic E-state index is 0.734. The largest absolute Gasteiger partial charge is 0.312 e. The van der Waals surface area contributed by atoms with Crippen molar-refractivity contribution in [3.05, 3.63) is 0 Å². The molecule has 2 fully saturated rings. The fourth-order valence-corrected chi connectivity index (χ4v) is 3.34. The first-order valence-electron chi connectivity index (χ1n) is 7.73. The Labute approximate surface area is 107 Å². The van der Waals surface area contributed by atoms with Gasteiger partial charge in [0.1, 0.15) is 0 Å². The maximum atomic E-state index is 3.82. The Hall–Kier alpha value is -0.0800. The SMILES string of the molecule is CC1CCCC(NCC(C)N2CCCC2)CC1. The molecule has 0 radical (unpaired) electrons. The lowest BCUT2D eigenvalue weighted by Gasteiger charge is -2.26. The first-order chi connectivity index (χ1) is 8.25. The van der Waals surface area contributed by atoms with Crippen LogP contribution in [-0.2, 0) is 0 Å². The highest BCUT2D eigenvalue weighted by atomic mass is 15.2. The molecule has 3 unspecified atom stereocenters. The van der Waals surface area contributed by atoms with Gasteiger partial charge < -0.3 is 5.32 Å². The van der Waals surface area contributed by atoms with Gasteiger partial charge in [0.25, 0.3) is 0 Å². The summed E-state index contributed by atoms with van der Waals surface area (Å²) in [6, 6.07) is 1.53. The van der Waals surface area contributed by atoms with E-state index < -0.39 is 0 Å². The van der Waals surface area contributed by atoms with Crippen molar-refractivity contribution >= 4 is 0 Å². The monoisotopic (exact) mass is 238 g/mol. The fourth-order valence-electron chi connectivity index (χ4n) is 3.34. The molecule has 2 heteroatoms. The second-order valence-corrected chi connectivity index (χ2v) is 6.31. The summed E-state index contributed by atoms with van der Waals surface area (Å²) in [5, 5.41) is 3.82. The van der Waals surface area contributed by atoms with Crippen LogP contribution in [0.25, 0.3) is 0 Å². The summed E-state index contributed by atoms with van der Waals surface area (Å²) in [5.74, 6) is 0.956. The highest BCUT2D eigenvalue weighted by Gasteiger charge is 2.20. The first kappa shape index (κ1) is 13.4. The smallest absolute Gasteiger partial charge is 0.0192 e. The Bertz CT molecular complexity index is 211. The molecule has 0 aromatic heterocycles. The molecule has 2 nitrogen and oxygen atoms in total. The highest BCUT2D eigenvalue weighted by Crippen LogP contribution is 2.22. The van der Waals surface area contributed by atoms with Crippen molar-refractivity contribution in [2.75, 3.05) is 19.6 Å². The number of rotatable bonds is 4. The molecule has 0 aromatic carbocycles. The minimum absolute atomic E-state index is 0.734. The summed E-state index contributed by atoms with van der Waals surface area (Å²) < 4.78 is 0. The molecule has 3 atom stereocenters. The van der Waals surface area contributed by atoms with E-state index in [0.29, 0.717) is 0 Å². The number of nitrogens with one attached hydrogen (secondary N) is 1. The van der Waals surface area contributed by atoms with Crippen molar-refractivity contribution in [1.82, 2.24) is 10.2 Å². The quantitative estimate of drug-likeness (QED) is 0.757. The van der Waals surface area contributed by atoms with Crippen LogP contribution in [0.1, 0.15) is 58.8 Å². The number of hydrogen-bond acceptors (Lipinski definition) is 2. The third-order valence-corrected chi connectivity index (χ3v) is 4.72. The lowest BCUT2D eigenvalue weighted by Crippen LogP contribution is -2.42. The minimum Gasteiger partial charge on any atom is -0.312 e. The number of hydrogen-bond donors (Lipinski definition) is 1. The molecule has 0 amide bonds. The molecular weight excluding hydrogens is 208 g/mol. The van der Waals surface area contributed by atoms with E-state index in [1.807, 2.05) is 0 Å². The van der Waals surface area contributed by atoms with Gasteiger partial charge in [-0.2, -0.15) is 0 Å². The van der Waals surface area contributed by atoms with Gasteiger partial charge in [-0.15, -0.1) is 0 Å². The molecule has 0 aromatic rings. The van der Waals surface area contributed by atoms with Crippen molar-refractivity contribution in [2.24, 2.45) is 5.92 Å². The predicted molar refractivity (Wildman–Crippen MR) is 74.3 cm³/mol. The molecule has 100 valence electrons. The zero-order chi connectivity index (χ0) is 12.1. The predicted octanol–water partition coefficient (Wildman–Crippen LogP) is 3.03. The lowest BCUT2D eigenvalue weighted by atomic mass is 10.0. The van der Waals surface area contributed by atoms with E-state index in [4.69, 9.17) is 0 Å². The third-order valence-electron chi connectivity index (χ3n) is 4.72. The van der Waals surface area contributed by atoms with Crippen LogP contribution in [-0.4, -0.2) is 36.6 Å². The molecule has 2 rings (SSSR count). The van der Waals surface area contributed by atoms with Crippen LogP contribution < -0.4 is 5.32 Å². The van der Waals surface area contributed by atoms with E-state index in [9.17, 15) is 0 Å². The lowest BCUT2D eigenvalue weighted by molar-refractivity contribution is 0.242. The number of likely N-dealkylation sites (tertiary alicyclic amines) is 1. The summed E-state index contributed by atoms with van der Waals surface area (Å²) in [5.41, 5.74) is 0. The highest BCUT2D eigenvalue weighted by molar-refractivity contribution is 4.78. The van der Waals surface area contributed by atoms with Crippen molar-refractivity contribution in [3.8, 4) is 0 Å². The number of nitrogens with zero attached hydrogens (tertiary/aromatic N) is 1. The van der Waals surface area contributed by atoms with Gasteiger partial charge in [-0.25, -0.2) is 0 Å². The molecule has 1 N–H and O–H groups in total. The topological polar surface area (TPSA) is 15.3 Å². The van der Waals surface area contributed by atoms with Crippen molar-refractivity contribution in [1.29, 1.82) is 0 Å². The van der Waals surface area contributed by atoms with Crippen LogP contribution in [0.4, 0.5) is 0 Å². The molecule has 1 saturated heterocycles. The molecule has 1 aliphatic heterocycles. The van der Waals surface area contributed by atoms with Crippen molar-refractivity contribution in [2.45, 2.75) is 70.9 Å². The van der Waals surface area contributed by atoms with Crippen LogP contribution in [0.15, 0.2) is 0 Å². The zero-order valence-corrected chi connectivity index (χ0v) is 11.8. The standard InChI is InChI=1S/C15H30N2/c1-13-6-5-7-15(9-8-13)16-12-14(2)17-10-3-4-11-17/h13-16H,3-12H2,1-2H3. The van der Waals surface area contributed by atoms with Crippen LogP contribution in [0.3, 0.4) is 0 Å². The molecule has 1 aliphatic carbocycles. The Morgan fingerprint density at radius 2 is 1.82 bits per heavy atom. The van der Waals surface area contributed by atoms with E-state index in [1.54, 1.807) is 0 Å². The molecule has 2 aliphatic rings. The van der Waals surface area contributed by atoms with Gasteiger partial charge in [-0.1, -0.05) is 19.8 Å². The molecule has 17 heavy (non-hydrogen) atoms. The molecule has 1 heterocycles. The van der Waals surface area contributed by atoms with Gasteiger partial charge in [-0.05, 0) is 58.0 Å². The molecule has 0 bridgehead atoms. The van der Waals surface area contributed by atoms with Crippen LogP contribution in [0, 0.1) is 5.92 Å². The van der Waals surface area contributed by atoms with Gasteiger partial charge in [-0.3, -0.25) is 4.90 Å². The average molecular weight is 238 g/mol. The Morgan fingerprint density at radius 1 is 1.06 bits per heavy atom. The Balaban J connectivity index is 1.66. The zero-order valence-electron chi connectivity index (χ0n) is 11.8. The molecular formula is C15H30N2. The van der Waals surface area contributed by atoms with Crippen LogP contribution >= 0.6 is 0 Å².